The van der Waals surface area contributed by atoms with E-state index < -0.39 is 5.97 Å². The van der Waals surface area contributed by atoms with Crippen molar-refractivity contribution in [3.05, 3.63) is 48.1 Å². The van der Waals surface area contributed by atoms with Crippen LogP contribution < -0.4 is 10.0 Å². The summed E-state index contributed by atoms with van der Waals surface area (Å²) in [6.07, 6.45) is 7.32. The van der Waals surface area contributed by atoms with Crippen LogP contribution in [0.3, 0.4) is 0 Å². The quantitative estimate of drug-likeness (QED) is 0.469. The van der Waals surface area contributed by atoms with Crippen LogP contribution >= 0.6 is 0 Å². The molecule has 0 N–H and O–H groups in total. The number of hydrogen-bond acceptors (Lipinski definition) is 4. The fourth-order valence-corrected chi connectivity index (χ4v) is 4.09. The van der Waals surface area contributed by atoms with E-state index in [2.05, 4.69) is 12.2 Å². The van der Waals surface area contributed by atoms with Crippen LogP contribution in [0.25, 0.3) is 6.08 Å². The average molecular weight is 308 g/mol. The van der Waals surface area contributed by atoms with Gasteiger partial charge in [0.1, 0.15) is 0 Å². The Labute approximate surface area is 132 Å². The fourth-order valence-electron chi connectivity index (χ4n) is 4.09. The highest BCUT2D eigenvalue weighted by atomic mass is 16.4. The van der Waals surface area contributed by atoms with Crippen LogP contribution in [0.2, 0.25) is 0 Å². The molecule has 1 aromatic rings. The lowest BCUT2D eigenvalue weighted by Gasteiger charge is -2.17. The van der Waals surface area contributed by atoms with Crippen LogP contribution in [0.5, 0.6) is 0 Å². The van der Waals surface area contributed by atoms with Crippen molar-refractivity contribution >= 4 is 29.5 Å². The minimum absolute atomic E-state index is 0.141. The number of anilines is 1. The number of fused-ring (bicyclic) bond motifs is 5. The Kier molecular flexibility index (Phi) is 2.98. The summed E-state index contributed by atoms with van der Waals surface area (Å²) in [5.74, 6) is -1.70. The lowest BCUT2D eigenvalue weighted by atomic mass is 9.85. The van der Waals surface area contributed by atoms with Crippen LogP contribution in [0, 0.1) is 23.7 Å². The molecule has 0 spiro atoms. The van der Waals surface area contributed by atoms with E-state index in [-0.39, 0.29) is 35.5 Å². The minimum atomic E-state index is -1.29. The topological polar surface area (TPSA) is 77.5 Å². The molecule has 2 amide bonds. The number of aliphatic carboxylic acids is 1. The number of nitrogens with zero attached hydrogens (tertiary/aromatic N) is 1. The second kappa shape index (κ2) is 4.91. The summed E-state index contributed by atoms with van der Waals surface area (Å²) in [7, 11) is 0. The molecule has 4 atom stereocenters. The number of amides is 2. The molecular weight excluding hydrogens is 294 g/mol. The molecule has 2 bridgehead atoms. The largest absolute Gasteiger partial charge is 0.545 e. The van der Waals surface area contributed by atoms with Gasteiger partial charge in [0.2, 0.25) is 11.8 Å². The third-order valence-electron chi connectivity index (χ3n) is 5.01. The summed E-state index contributed by atoms with van der Waals surface area (Å²) < 4.78 is 0. The van der Waals surface area contributed by atoms with Crippen molar-refractivity contribution in [1.29, 1.82) is 0 Å². The smallest absolute Gasteiger partial charge is 0.238 e. The highest BCUT2D eigenvalue weighted by Crippen LogP contribution is 2.53. The second-order valence-electron chi connectivity index (χ2n) is 6.26. The van der Waals surface area contributed by atoms with E-state index in [0.29, 0.717) is 11.3 Å². The van der Waals surface area contributed by atoms with Gasteiger partial charge in [-0.25, -0.2) is 4.90 Å². The predicted molar refractivity (Wildman–Crippen MR) is 80.7 cm³/mol. The maximum atomic E-state index is 12.7. The van der Waals surface area contributed by atoms with E-state index >= 15 is 0 Å². The van der Waals surface area contributed by atoms with Crippen LogP contribution in [0.4, 0.5) is 5.69 Å². The number of benzene rings is 1. The Morgan fingerprint density at radius 2 is 1.78 bits per heavy atom. The molecule has 1 heterocycles. The molecule has 0 radical (unpaired) electrons. The molecule has 1 aromatic carbocycles. The van der Waals surface area contributed by atoms with E-state index in [4.69, 9.17) is 0 Å². The Hall–Kier alpha value is -2.69. The van der Waals surface area contributed by atoms with Crippen molar-refractivity contribution in [3.63, 3.8) is 0 Å². The number of carboxylic acid groups (broad SMARTS) is 1. The van der Waals surface area contributed by atoms with Gasteiger partial charge in [-0.2, -0.15) is 0 Å². The highest BCUT2D eigenvalue weighted by Gasteiger charge is 2.59. The van der Waals surface area contributed by atoms with Crippen LogP contribution in [0.1, 0.15) is 12.0 Å². The molecule has 4 rings (SSSR count). The van der Waals surface area contributed by atoms with E-state index in [1.54, 1.807) is 24.3 Å². The SMILES string of the molecule is O=C([O-])/C=C/c1cccc(N2C(=O)[C@@H]3[C@@H](C2=O)[C@@H]2C=C[C@@H]3C2)c1. The molecule has 1 saturated carbocycles. The molecule has 3 aliphatic rings. The Morgan fingerprint density at radius 1 is 1.13 bits per heavy atom. The van der Waals surface area contributed by atoms with Crippen molar-refractivity contribution in [2.45, 2.75) is 6.42 Å². The molecule has 23 heavy (non-hydrogen) atoms. The lowest BCUT2D eigenvalue weighted by molar-refractivity contribution is -0.297. The third-order valence-corrected chi connectivity index (χ3v) is 5.01. The first kappa shape index (κ1) is 13.9. The third kappa shape index (κ3) is 2.04. The van der Waals surface area contributed by atoms with E-state index in [9.17, 15) is 19.5 Å². The van der Waals surface area contributed by atoms with E-state index in [1.807, 2.05) is 0 Å². The summed E-state index contributed by atoms with van der Waals surface area (Å²) in [5, 5.41) is 10.5. The number of rotatable bonds is 3. The molecule has 5 heteroatoms. The van der Waals surface area contributed by atoms with Gasteiger partial charge in [-0.05, 0) is 42.0 Å². The molecule has 2 aliphatic carbocycles. The molecule has 2 fully saturated rings. The summed E-state index contributed by atoms with van der Waals surface area (Å²) in [5.41, 5.74) is 1.10. The summed E-state index contributed by atoms with van der Waals surface area (Å²) in [6.45, 7) is 0. The van der Waals surface area contributed by atoms with Gasteiger partial charge in [0.15, 0.2) is 0 Å². The average Bonchev–Trinajstić information content (AvgIpc) is 3.20. The zero-order valence-electron chi connectivity index (χ0n) is 12.2. The van der Waals surface area contributed by atoms with Gasteiger partial charge < -0.3 is 9.90 Å². The van der Waals surface area contributed by atoms with Crippen molar-refractivity contribution in [3.8, 4) is 0 Å². The van der Waals surface area contributed by atoms with Crippen molar-refractivity contribution in [2.24, 2.45) is 23.7 Å². The fraction of sp³-hybridized carbons (Fsp3) is 0.278. The van der Waals surface area contributed by atoms with Gasteiger partial charge in [-0.3, -0.25) is 9.59 Å². The first-order valence-corrected chi connectivity index (χ1v) is 7.61. The van der Waals surface area contributed by atoms with Crippen molar-refractivity contribution in [2.75, 3.05) is 4.90 Å². The summed E-state index contributed by atoms with van der Waals surface area (Å²) in [4.78, 5) is 37.2. The molecule has 0 unspecified atom stereocenters. The van der Waals surface area contributed by atoms with Gasteiger partial charge in [-0.1, -0.05) is 30.4 Å². The molecule has 116 valence electrons. The number of carbonyl (C=O) groups excluding carboxylic acids is 3. The van der Waals surface area contributed by atoms with Gasteiger partial charge in [-0.15, -0.1) is 0 Å². The van der Waals surface area contributed by atoms with Gasteiger partial charge in [0, 0.05) is 0 Å². The maximum absolute atomic E-state index is 12.7. The monoisotopic (exact) mass is 308 g/mol. The van der Waals surface area contributed by atoms with Crippen LogP contribution in [0.15, 0.2) is 42.5 Å². The zero-order chi connectivity index (χ0) is 16.1. The van der Waals surface area contributed by atoms with Crippen molar-refractivity contribution in [1.82, 2.24) is 0 Å². The molecule has 1 aliphatic heterocycles. The number of allylic oxidation sites excluding steroid dienone is 2. The first-order chi connectivity index (χ1) is 11.1. The summed E-state index contributed by atoms with van der Waals surface area (Å²) >= 11 is 0. The molecule has 0 aromatic heterocycles. The number of carboxylic acids is 1. The van der Waals surface area contributed by atoms with E-state index in [0.717, 1.165) is 12.5 Å². The maximum Gasteiger partial charge on any atom is 0.238 e. The highest BCUT2D eigenvalue weighted by molar-refractivity contribution is 6.22. The second-order valence-corrected chi connectivity index (χ2v) is 6.26. The lowest BCUT2D eigenvalue weighted by Crippen LogP contribution is -2.32. The Balaban J connectivity index is 1.67. The number of imide groups is 1. The van der Waals surface area contributed by atoms with Gasteiger partial charge >= 0.3 is 0 Å². The van der Waals surface area contributed by atoms with Gasteiger partial charge in [0.05, 0.1) is 23.5 Å². The predicted octanol–water partition coefficient (Wildman–Crippen LogP) is 0.761. The Bertz CT molecular complexity index is 749. The normalized spacial score (nSPS) is 31.4. The van der Waals surface area contributed by atoms with E-state index in [1.165, 1.54) is 11.0 Å². The minimum Gasteiger partial charge on any atom is -0.545 e. The van der Waals surface area contributed by atoms with Crippen LogP contribution in [-0.4, -0.2) is 17.8 Å². The summed E-state index contributed by atoms with van der Waals surface area (Å²) in [6, 6.07) is 6.75. The molecular formula is C18H14NO4-. The Morgan fingerprint density at radius 3 is 2.39 bits per heavy atom. The number of carbonyl (C=O) groups is 3. The standard InChI is InChI=1S/C18H15NO4/c20-14(21)7-4-10-2-1-3-13(8-10)19-17(22)15-11-5-6-12(9-11)16(15)18(19)23/h1-8,11-12,15-16H,9H2,(H,20,21)/p-1/b7-4+/t11-,12-,15+,16+/m1/s1. The molecule has 5 nitrogen and oxygen atoms in total. The zero-order valence-corrected chi connectivity index (χ0v) is 12.2. The van der Waals surface area contributed by atoms with Gasteiger partial charge in [0.25, 0.3) is 0 Å². The first-order valence-electron chi connectivity index (χ1n) is 7.61. The molecule has 1 saturated heterocycles. The van der Waals surface area contributed by atoms with Crippen molar-refractivity contribution < 1.29 is 19.5 Å². The number of hydrogen-bond donors (Lipinski definition) is 0. The van der Waals surface area contributed by atoms with Crippen LogP contribution in [-0.2, 0) is 14.4 Å².